The Balaban J connectivity index is 1.67. The highest BCUT2D eigenvalue weighted by atomic mass is 31.2. The average molecular weight is 377 g/mol. The molecule has 0 aromatic heterocycles. The van der Waals surface area contributed by atoms with Crippen LogP contribution in [-0.4, -0.2) is 21.5 Å². The summed E-state index contributed by atoms with van der Waals surface area (Å²) in [6.07, 6.45) is -0.842. The Morgan fingerprint density at radius 3 is 2.00 bits per heavy atom. The maximum absolute atomic E-state index is 14.6. The Morgan fingerprint density at radius 1 is 0.889 bits per heavy atom. The van der Waals surface area contributed by atoms with Gasteiger partial charge in [0.05, 0.1) is 0 Å². The van der Waals surface area contributed by atoms with Crippen LogP contribution in [0.2, 0.25) is 0 Å². The summed E-state index contributed by atoms with van der Waals surface area (Å²) >= 11 is 0. The molecule has 0 aliphatic carbocycles. The molecule has 0 saturated carbocycles. The number of aliphatic hydroxyl groups is 1. The van der Waals surface area contributed by atoms with E-state index in [0.29, 0.717) is 11.3 Å². The van der Waals surface area contributed by atoms with Crippen molar-refractivity contribution >= 4 is 17.8 Å². The second-order valence-corrected chi connectivity index (χ2v) is 10.0. The minimum atomic E-state index is -3.08. The number of hydrogen-bond acceptors (Lipinski definition) is 4. The first-order chi connectivity index (χ1) is 13.1. The van der Waals surface area contributed by atoms with Gasteiger partial charge in [-0.15, -0.1) is 0 Å². The lowest BCUT2D eigenvalue weighted by molar-refractivity contribution is -0.0157. The third-order valence-electron chi connectivity index (χ3n) is 5.59. The highest BCUT2D eigenvalue weighted by Crippen LogP contribution is 2.68. The minimum absolute atomic E-state index is 0.433. The average Bonchev–Trinajstić information content (AvgIpc) is 3.35. The molecule has 1 fully saturated rings. The largest absolute Gasteiger partial charge is 0.470 e. The number of para-hydroxylation sites is 1. The molecule has 4 atom stereocenters. The van der Waals surface area contributed by atoms with Crippen LogP contribution in [0.5, 0.6) is 5.75 Å². The van der Waals surface area contributed by atoms with Crippen LogP contribution >= 0.6 is 7.14 Å². The van der Waals surface area contributed by atoms with E-state index in [0.717, 1.165) is 10.6 Å². The summed E-state index contributed by atoms with van der Waals surface area (Å²) in [5, 5.41) is 12.5. The van der Waals surface area contributed by atoms with Gasteiger partial charge in [-0.1, -0.05) is 78.9 Å². The molecule has 3 aromatic rings. The highest BCUT2D eigenvalue weighted by Gasteiger charge is 2.74. The van der Waals surface area contributed by atoms with Gasteiger partial charge in [0.15, 0.2) is 12.9 Å². The third kappa shape index (κ3) is 2.28. The third-order valence-corrected chi connectivity index (χ3v) is 9.14. The zero-order chi connectivity index (χ0) is 18.6. The van der Waals surface area contributed by atoms with Crippen molar-refractivity contribution in [2.75, 3.05) is 0 Å². The van der Waals surface area contributed by atoms with E-state index in [-0.39, 0.29) is 0 Å². The van der Waals surface area contributed by atoms with E-state index in [1.807, 2.05) is 96.8 Å². The van der Waals surface area contributed by atoms with Gasteiger partial charge in [-0.2, -0.15) is 0 Å². The Bertz CT molecular complexity index is 996. The van der Waals surface area contributed by atoms with Crippen molar-refractivity contribution in [2.24, 2.45) is 0 Å². The highest BCUT2D eigenvalue weighted by molar-refractivity contribution is 7.79. The number of aliphatic hydroxyl groups excluding tert-OH is 1. The molecule has 5 heteroatoms. The molecule has 27 heavy (non-hydrogen) atoms. The van der Waals surface area contributed by atoms with Gasteiger partial charge in [0.25, 0.3) is 0 Å². The quantitative estimate of drug-likeness (QED) is 0.561. The van der Waals surface area contributed by atoms with E-state index >= 15 is 0 Å². The summed E-state index contributed by atoms with van der Waals surface area (Å²) in [5.74, 6) is 0.219. The lowest BCUT2D eigenvalue weighted by Crippen LogP contribution is -2.30. The van der Waals surface area contributed by atoms with Gasteiger partial charge in [-0.3, -0.25) is 0 Å². The fourth-order valence-electron chi connectivity index (χ4n) is 4.26. The summed E-state index contributed by atoms with van der Waals surface area (Å²) in [6, 6.07) is 26.5. The molecule has 1 saturated heterocycles. The number of ether oxygens (including phenoxy) is 1. The molecule has 5 rings (SSSR count). The molecule has 1 unspecified atom stereocenters. The number of fused-ring (bicyclic) bond motifs is 2. The molecule has 136 valence electrons. The van der Waals surface area contributed by atoms with E-state index < -0.39 is 24.9 Å². The lowest BCUT2D eigenvalue weighted by Gasteiger charge is -2.27. The maximum atomic E-state index is 14.6. The van der Waals surface area contributed by atoms with Gasteiger partial charge < -0.3 is 14.4 Å². The zero-order valence-electron chi connectivity index (χ0n) is 14.9. The smallest absolute Gasteiger partial charge is 0.187 e. The summed E-state index contributed by atoms with van der Waals surface area (Å²) in [7, 11) is -3.08. The van der Waals surface area contributed by atoms with Crippen molar-refractivity contribution in [1.29, 1.82) is 0 Å². The first kappa shape index (κ1) is 16.8. The van der Waals surface area contributed by atoms with Gasteiger partial charge >= 0.3 is 0 Å². The fraction of sp³-hybridized carbons (Fsp3) is 0.182. The maximum Gasteiger partial charge on any atom is 0.187 e. The standard InChI is InChI=1S/C22H20NO3P/c1-22-21(23(22)20(24)18-14-8-9-15-19(18)26-22)27(25,16-10-4-2-5-11-16)17-12-6-3-7-13-17/h2-15,20-21,24H,1H3/t20-,21-,22-,23?/m0/s1. The number of rotatable bonds is 3. The summed E-state index contributed by atoms with van der Waals surface area (Å²) in [5.41, 5.74) is -0.0974. The molecule has 2 aliphatic rings. The van der Waals surface area contributed by atoms with Gasteiger partial charge in [0, 0.05) is 16.2 Å². The van der Waals surface area contributed by atoms with Crippen LogP contribution in [0.4, 0.5) is 0 Å². The molecular weight excluding hydrogens is 357 g/mol. The van der Waals surface area contributed by atoms with Crippen LogP contribution in [0.3, 0.4) is 0 Å². The van der Waals surface area contributed by atoms with Gasteiger partial charge in [0.1, 0.15) is 17.8 Å². The van der Waals surface area contributed by atoms with Gasteiger partial charge in [-0.05, 0) is 13.0 Å². The van der Waals surface area contributed by atoms with Gasteiger partial charge in [0.2, 0.25) is 0 Å². The molecule has 0 spiro atoms. The van der Waals surface area contributed by atoms with E-state index in [1.165, 1.54) is 0 Å². The van der Waals surface area contributed by atoms with Crippen LogP contribution < -0.4 is 15.3 Å². The first-order valence-electron chi connectivity index (χ1n) is 9.02. The molecule has 0 amide bonds. The van der Waals surface area contributed by atoms with Crippen molar-refractivity contribution in [1.82, 2.24) is 4.90 Å². The number of benzene rings is 3. The normalized spacial score (nSPS) is 28.6. The van der Waals surface area contributed by atoms with Crippen LogP contribution in [0.25, 0.3) is 0 Å². The van der Waals surface area contributed by atoms with Crippen LogP contribution in [0.1, 0.15) is 18.7 Å². The predicted molar refractivity (Wildman–Crippen MR) is 106 cm³/mol. The van der Waals surface area contributed by atoms with Crippen LogP contribution in [0, 0.1) is 0 Å². The molecule has 1 N–H and O–H groups in total. The Morgan fingerprint density at radius 2 is 1.41 bits per heavy atom. The van der Waals surface area contributed by atoms with Crippen LogP contribution in [0.15, 0.2) is 84.9 Å². The lowest BCUT2D eigenvalue weighted by atomic mass is 10.1. The van der Waals surface area contributed by atoms with E-state index in [1.54, 1.807) is 0 Å². The van der Waals surface area contributed by atoms with Crippen molar-refractivity contribution < 1.29 is 14.4 Å². The molecule has 4 nitrogen and oxygen atoms in total. The zero-order valence-corrected chi connectivity index (χ0v) is 15.8. The summed E-state index contributed by atoms with van der Waals surface area (Å²) < 4.78 is 20.9. The molecule has 2 aliphatic heterocycles. The Kier molecular flexibility index (Phi) is 3.60. The van der Waals surface area contributed by atoms with E-state index in [4.69, 9.17) is 4.74 Å². The van der Waals surface area contributed by atoms with Crippen molar-refractivity contribution in [3.05, 3.63) is 90.5 Å². The van der Waals surface area contributed by atoms with Crippen molar-refractivity contribution in [3.63, 3.8) is 0 Å². The molecule has 0 bridgehead atoms. The fourth-order valence-corrected chi connectivity index (χ4v) is 7.85. The number of hydrogen-bond donors (Lipinski definition) is 1. The van der Waals surface area contributed by atoms with E-state index in [9.17, 15) is 9.67 Å². The molecule has 2 heterocycles. The second-order valence-electron chi connectivity index (χ2n) is 7.18. The first-order valence-corrected chi connectivity index (χ1v) is 10.8. The predicted octanol–water partition coefficient (Wildman–Crippen LogP) is 3.44. The van der Waals surface area contributed by atoms with E-state index in [2.05, 4.69) is 0 Å². The molecular formula is C22H20NO3P. The van der Waals surface area contributed by atoms with Crippen molar-refractivity contribution in [3.8, 4) is 5.75 Å². The molecule has 3 aromatic carbocycles. The Hall–Kier alpha value is -2.39. The molecule has 0 radical (unpaired) electrons. The topological polar surface area (TPSA) is 49.5 Å². The monoisotopic (exact) mass is 377 g/mol. The SMILES string of the molecule is C[C@@]12Oc3ccccc3[C@H](O)N1[C@H]2P(=O)(c1ccccc1)c1ccccc1. The summed E-state index contributed by atoms with van der Waals surface area (Å²) in [4.78, 5) is 1.83. The Labute approximate surface area is 158 Å². The second kappa shape index (κ2) is 5.80. The van der Waals surface area contributed by atoms with Crippen molar-refractivity contribution in [2.45, 2.75) is 24.7 Å². The van der Waals surface area contributed by atoms with Crippen LogP contribution in [-0.2, 0) is 4.57 Å². The van der Waals surface area contributed by atoms with Gasteiger partial charge in [-0.25, -0.2) is 4.90 Å². The summed E-state index contributed by atoms with van der Waals surface area (Å²) in [6.45, 7) is 1.91. The minimum Gasteiger partial charge on any atom is -0.470 e. The number of nitrogens with zero attached hydrogens (tertiary/aromatic N) is 1.